The first-order valence-electron chi connectivity index (χ1n) is 9.21. The van der Waals surface area contributed by atoms with E-state index < -0.39 is 33.1 Å². The van der Waals surface area contributed by atoms with Crippen LogP contribution in [0.5, 0.6) is 5.75 Å². The Kier molecular flexibility index (Phi) is 6.61. The van der Waals surface area contributed by atoms with Gasteiger partial charge < -0.3 is 8.92 Å². The van der Waals surface area contributed by atoms with Gasteiger partial charge in [-0.25, -0.2) is 4.79 Å². The lowest BCUT2D eigenvalue weighted by atomic mass is 10.2. The number of carbonyl (C=O) groups is 1. The molecule has 0 aliphatic carbocycles. The summed E-state index contributed by atoms with van der Waals surface area (Å²) in [7, 11) is -4.34. The van der Waals surface area contributed by atoms with E-state index in [0.717, 1.165) is 16.3 Å². The molecule has 0 fully saturated rings. The molecule has 8 nitrogen and oxygen atoms in total. The van der Waals surface area contributed by atoms with Crippen molar-refractivity contribution in [3.8, 4) is 11.4 Å². The van der Waals surface area contributed by atoms with Crippen molar-refractivity contribution in [3.05, 3.63) is 80.2 Å². The Hall–Kier alpha value is -2.98. The third-order valence-electron chi connectivity index (χ3n) is 4.22. The van der Waals surface area contributed by atoms with Gasteiger partial charge in [0, 0.05) is 4.47 Å². The molecule has 0 unspecified atom stereocenters. The summed E-state index contributed by atoms with van der Waals surface area (Å²) < 4.78 is 37.5. The zero-order valence-electron chi connectivity index (χ0n) is 17.0. The molecule has 0 saturated heterocycles. The predicted octanol–water partition coefficient (Wildman–Crippen LogP) is 3.56. The Balaban J connectivity index is 2.14. The molecule has 162 valence electrons. The predicted molar refractivity (Wildman–Crippen MR) is 117 cm³/mol. The number of carbonyl (C=O) groups excluding carboxylic acids is 1. The van der Waals surface area contributed by atoms with Crippen LogP contribution in [0.2, 0.25) is 0 Å². The van der Waals surface area contributed by atoms with Gasteiger partial charge in [0.15, 0.2) is 5.75 Å². The molecule has 1 heterocycles. The Labute approximate surface area is 187 Å². The molecule has 10 heteroatoms. The van der Waals surface area contributed by atoms with Crippen LogP contribution in [0.15, 0.2) is 62.7 Å². The van der Waals surface area contributed by atoms with E-state index in [1.165, 1.54) is 6.07 Å². The summed E-state index contributed by atoms with van der Waals surface area (Å²) in [6.07, 6.45) is 0. The molecule has 0 saturated carbocycles. The number of halogens is 1. The second-order valence-corrected chi connectivity index (χ2v) is 9.04. The van der Waals surface area contributed by atoms with Gasteiger partial charge in [-0.15, -0.1) is 0 Å². The van der Waals surface area contributed by atoms with Gasteiger partial charge in [0.1, 0.15) is 4.90 Å². The number of esters is 1. The molecule has 0 amide bonds. The molecule has 2 aromatic carbocycles. The molecule has 3 rings (SSSR count). The Morgan fingerprint density at radius 2 is 1.87 bits per heavy atom. The first-order valence-corrected chi connectivity index (χ1v) is 11.4. The highest BCUT2D eigenvalue weighted by molar-refractivity contribution is 9.10. The van der Waals surface area contributed by atoms with Crippen molar-refractivity contribution in [1.29, 1.82) is 0 Å². The van der Waals surface area contributed by atoms with E-state index in [-0.39, 0.29) is 11.5 Å². The van der Waals surface area contributed by atoms with E-state index in [9.17, 15) is 18.0 Å². The fraction of sp³-hybridized carbons (Fsp3) is 0.190. The van der Waals surface area contributed by atoms with Crippen LogP contribution in [0.1, 0.15) is 28.5 Å². The van der Waals surface area contributed by atoms with E-state index in [2.05, 4.69) is 21.0 Å². The first kappa shape index (κ1) is 22.7. The zero-order chi connectivity index (χ0) is 22.8. The highest BCUT2D eigenvalue weighted by atomic mass is 79.9. The standard InChI is InChI=1S/C21H19BrN2O6S/c1-4-29-21(26)20-17(30-31(27,28)18-9-8-13(2)10-14(18)3)12-19(25)24(23-20)16-7-5-6-15(22)11-16/h5-12H,4H2,1-3H3. The number of nitrogens with zero attached hydrogens (tertiary/aromatic N) is 2. The van der Waals surface area contributed by atoms with Gasteiger partial charge >= 0.3 is 16.1 Å². The van der Waals surface area contributed by atoms with E-state index in [1.807, 2.05) is 6.92 Å². The van der Waals surface area contributed by atoms with Crippen molar-refractivity contribution in [2.24, 2.45) is 0 Å². The summed E-state index contributed by atoms with van der Waals surface area (Å²) in [5.74, 6) is -1.42. The van der Waals surface area contributed by atoms with Gasteiger partial charge in [0.05, 0.1) is 18.4 Å². The Bertz CT molecular complexity index is 1320. The molecular formula is C21H19BrN2O6S. The summed E-state index contributed by atoms with van der Waals surface area (Å²) in [6.45, 7) is 5.07. The highest BCUT2D eigenvalue weighted by Gasteiger charge is 2.26. The summed E-state index contributed by atoms with van der Waals surface area (Å²) in [4.78, 5) is 25.1. The normalized spacial score (nSPS) is 11.2. The fourth-order valence-electron chi connectivity index (χ4n) is 2.88. The van der Waals surface area contributed by atoms with Crippen LogP contribution in [0, 0.1) is 13.8 Å². The second-order valence-electron chi connectivity index (χ2n) is 6.61. The largest absolute Gasteiger partial charge is 0.461 e. The van der Waals surface area contributed by atoms with Crippen molar-refractivity contribution >= 4 is 32.0 Å². The van der Waals surface area contributed by atoms with Crippen molar-refractivity contribution < 1.29 is 22.1 Å². The maximum absolute atomic E-state index is 12.9. The van der Waals surface area contributed by atoms with Crippen LogP contribution in [0.3, 0.4) is 0 Å². The monoisotopic (exact) mass is 506 g/mol. The molecule has 0 atom stereocenters. The first-order chi connectivity index (χ1) is 14.6. The van der Waals surface area contributed by atoms with Crippen LogP contribution in [-0.2, 0) is 14.9 Å². The third kappa shape index (κ3) is 5.02. The van der Waals surface area contributed by atoms with Gasteiger partial charge in [-0.2, -0.15) is 18.2 Å². The average molecular weight is 507 g/mol. The van der Waals surface area contributed by atoms with Crippen LogP contribution >= 0.6 is 15.9 Å². The van der Waals surface area contributed by atoms with Crippen molar-refractivity contribution in [2.75, 3.05) is 6.61 Å². The molecular weight excluding hydrogens is 488 g/mol. The minimum atomic E-state index is -4.34. The molecule has 0 bridgehead atoms. The SMILES string of the molecule is CCOC(=O)c1nn(-c2cccc(Br)c2)c(=O)cc1OS(=O)(=O)c1ccc(C)cc1C. The quantitative estimate of drug-likeness (QED) is 0.371. The van der Waals surface area contributed by atoms with Crippen LogP contribution in [0.4, 0.5) is 0 Å². The topological polar surface area (TPSA) is 105 Å². The third-order valence-corrected chi connectivity index (χ3v) is 6.11. The second kappa shape index (κ2) is 9.03. The highest BCUT2D eigenvalue weighted by Crippen LogP contribution is 2.24. The van der Waals surface area contributed by atoms with E-state index >= 15 is 0 Å². The molecule has 0 radical (unpaired) electrons. The molecule has 0 aliphatic heterocycles. The molecule has 1 aromatic heterocycles. The van der Waals surface area contributed by atoms with Crippen molar-refractivity contribution in [1.82, 2.24) is 9.78 Å². The number of benzene rings is 2. The minimum absolute atomic E-state index is 0.0276. The smallest absolute Gasteiger partial charge is 0.362 e. The van der Waals surface area contributed by atoms with Gasteiger partial charge in [-0.05, 0) is 50.6 Å². The number of aryl methyl sites for hydroxylation is 2. The molecule has 31 heavy (non-hydrogen) atoms. The number of ether oxygens (including phenoxy) is 1. The maximum atomic E-state index is 12.9. The fourth-order valence-corrected chi connectivity index (χ4v) is 4.41. The van der Waals surface area contributed by atoms with E-state index in [1.54, 1.807) is 50.2 Å². The van der Waals surface area contributed by atoms with Crippen molar-refractivity contribution in [2.45, 2.75) is 25.7 Å². The summed E-state index contributed by atoms with van der Waals surface area (Å²) in [5, 5.41) is 4.04. The summed E-state index contributed by atoms with van der Waals surface area (Å²) >= 11 is 3.31. The van der Waals surface area contributed by atoms with Gasteiger partial charge in [0.2, 0.25) is 5.69 Å². The van der Waals surface area contributed by atoms with E-state index in [0.29, 0.717) is 15.7 Å². The average Bonchev–Trinajstić information content (AvgIpc) is 2.67. The lowest BCUT2D eigenvalue weighted by Gasteiger charge is -2.13. The Morgan fingerprint density at radius 1 is 1.13 bits per heavy atom. The lowest BCUT2D eigenvalue weighted by Crippen LogP contribution is -2.26. The zero-order valence-corrected chi connectivity index (χ0v) is 19.4. The number of hydrogen-bond acceptors (Lipinski definition) is 7. The molecule has 3 aromatic rings. The number of hydrogen-bond donors (Lipinski definition) is 0. The van der Waals surface area contributed by atoms with Crippen LogP contribution in [-0.4, -0.2) is 30.8 Å². The van der Waals surface area contributed by atoms with Gasteiger partial charge in [0.25, 0.3) is 5.56 Å². The van der Waals surface area contributed by atoms with Crippen molar-refractivity contribution in [3.63, 3.8) is 0 Å². The lowest BCUT2D eigenvalue weighted by molar-refractivity contribution is 0.0515. The number of rotatable bonds is 6. The van der Waals surface area contributed by atoms with Gasteiger partial charge in [-0.1, -0.05) is 39.7 Å². The van der Waals surface area contributed by atoms with Crippen LogP contribution in [0.25, 0.3) is 5.69 Å². The molecule has 0 N–H and O–H groups in total. The summed E-state index contributed by atoms with van der Waals surface area (Å²) in [5.41, 5.74) is 0.593. The number of aromatic nitrogens is 2. The van der Waals surface area contributed by atoms with Crippen LogP contribution < -0.4 is 9.74 Å². The minimum Gasteiger partial charge on any atom is -0.461 e. The van der Waals surface area contributed by atoms with Gasteiger partial charge in [-0.3, -0.25) is 4.79 Å². The maximum Gasteiger partial charge on any atom is 0.362 e. The molecule has 0 spiro atoms. The molecule has 0 aliphatic rings. The summed E-state index contributed by atoms with van der Waals surface area (Å²) in [6, 6.07) is 12.3. The Morgan fingerprint density at radius 3 is 2.52 bits per heavy atom. The van der Waals surface area contributed by atoms with E-state index in [4.69, 9.17) is 8.92 Å².